The molecular formula is C16H24NO3-. The Labute approximate surface area is 120 Å². The average molecular weight is 278 g/mol. The third-order valence-electron chi connectivity index (χ3n) is 5.93. The van der Waals surface area contributed by atoms with Gasteiger partial charge in [0.1, 0.15) is 0 Å². The number of hydrogen-bond donors (Lipinski definition) is 1. The Morgan fingerprint density at radius 3 is 2.30 bits per heavy atom. The van der Waals surface area contributed by atoms with Crippen molar-refractivity contribution in [2.45, 2.75) is 57.9 Å². The molecule has 4 nitrogen and oxygen atoms in total. The maximum absolute atomic E-state index is 12.6. The van der Waals surface area contributed by atoms with E-state index in [4.69, 9.17) is 0 Å². The van der Waals surface area contributed by atoms with Crippen LogP contribution in [0.4, 0.5) is 0 Å². The van der Waals surface area contributed by atoms with E-state index in [1.165, 1.54) is 6.42 Å². The van der Waals surface area contributed by atoms with Crippen molar-refractivity contribution in [3.05, 3.63) is 0 Å². The molecule has 0 spiro atoms. The van der Waals surface area contributed by atoms with Crippen molar-refractivity contribution in [2.24, 2.45) is 29.6 Å². The van der Waals surface area contributed by atoms with E-state index in [1.54, 1.807) is 0 Å². The van der Waals surface area contributed by atoms with Crippen molar-refractivity contribution >= 4 is 11.9 Å². The number of carboxylic acid groups (broad SMARTS) is 1. The van der Waals surface area contributed by atoms with Crippen molar-refractivity contribution in [1.29, 1.82) is 0 Å². The topological polar surface area (TPSA) is 69.2 Å². The summed E-state index contributed by atoms with van der Waals surface area (Å²) < 4.78 is 0. The summed E-state index contributed by atoms with van der Waals surface area (Å²) in [4.78, 5) is 23.9. The molecular weight excluding hydrogens is 254 g/mol. The van der Waals surface area contributed by atoms with Gasteiger partial charge in [-0.15, -0.1) is 0 Å². The van der Waals surface area contributed by atoms with E-state index in [0.29, 0.717) is 5.92 Å². The quantitative estimate of drug-likeness (QED) is 0.840. The van der Waals surface area contributed by atoms with Gasteiger partial charge in [0, 0.05) is 23.8 Å². The summed E-state index contributed by atoms with van der Waals surface area (Å²) in [5.41, 5.74) is 0. The summed E-state index contributed by atoms with van der Waals surface area (Å²) in [5.74, 6) is -0.987. The lowest BCUT2D eigenvalue weighted by Gasteiger charge is -2.35. The Hall–Kier alpha value is -1.06. The van der Waals surface area contributed by atoms with Gasteiger partial charge in [-0.05, 0) is 49.9 Å². The van der Waals surface area contributed by atoms with E-state index in [-0.39, 0.29) is 29.7 Å². The highest BCUT2D eigenvalue weighted by Gasteiger charge is 2.51. The smallest absolute Gasteiger partial charge is 0.224 e. The third kappa shape index (κ3) is 2.33. The minimum atomic E-state index is -1.02. The van der Waals surface area contributed by atoms with Crippen molar-refractivity contribution < 1.29 is 14.7 Å². The normalized spacial score (nSPS) is 43.5. The molecule has 3 saturated carbocycles. The molecule has 0 aromatic rings. The summed E-state index contributed by atoms with van der Waals surface area (Å²) in [6, 6.07) is 0.234. The fraction of sp³-hybridized carbons (Fsp3) is 0.875. The van der Waals surface area contributed by atoms with E-state index >= 15 is 0 Å². The molecule has 3 fully saturated rings. The van der Waals surface area contributed by atoms with E-state index in [0.717, 1.165) is 38.5 Å². The van der Waals surface area contributed by atoms with Crippen molar-refractivity contribution in [1.82, 2.24) is 5.32 Å². The van der Waals surface area contributed by atoms with Crippen LogP contribution in [0.15, 0.2) is 0 Å². The van der Waals surface area contributed by atoms with Crippen LogP contribution in [0, 0.1) is 29.6 Å². The molecule has 20 heavy (non-hydrogen) atoms. The van der Waals surface area contributed by atoms with Crippen LogP contribution in [-0.4, -0.2) is 17.9 Å². The number of nitrogens with one attached hydrogen (secondary N) is 1. The molecule has 0 aliphatic heterocycles. The first kappa shape index (κ1) is 13.9. The molecule has 0 saturated heterocycles. The van der Waals surface area contributed by atoms with Crippen molar-refractivity contribution in [3.63, 3.8) is 0 Å². The Balaban J connectivity index is 1.68. The van der Waals surface area contributed by atoms with Gasteiger partial charge in [-0.1, -0.05) is 19.8 Å². The first-order chi connectivity index (χ1) is 9.58. The Morgan fingerprint density at radius 1 is 1.00 bits per heavy atom. The second-order valence-electron chi connectivity index (χ2n) is 7.08. The van der Waals surface area contributed by atoms with Crippen LogP contribution in [0.1, 0.15) is 51.9 Å². The lowest BCUT2D eigenvalue weighted by atomic mass is 9.78. The van der Waals surface area contributed by atoms with Gasteiger partial charge in [-0.3, -0.25) is 4.79 Å². The lowest BCUT2D eigenvalue weighted by molar-refractivity contribution is -0.314. The highest BCUT2D eigenvalue weighted by Crippen LogP contribution is 2.52. The monoisotopic (exact) mass is 278 g/mol. The average Bonchev–Trinajstić information content (AvgIpc) is 3.01. The molecule has 4 heteroatoms. The molecule has 2 bridgehead atoms. The van der Waals surface area contributed by atoms with Crippen LogP contribution >= 0.6 is 0 Å². The maximum Gasteiger partial charge on any atom is 0.224 e. The number of amides is 1. The lowest BCUT2D eigenvalue weighted by Crippen LogP contribution is -2.50. The highest BCUT2D eigenvalue weighted by molar-refractivity contribution is 5.85. The fourth-order valence-electron chi connectivity index (χ4n) is 4.82. The molecule has 0 unspecified atom stereocenters. The molecule has 0 radical (unpaired) electrons. The number of carbonyl (C=O) groups is 2. The first-order valence-electron chi connectivity index (χ1n) is 8.09. The zero-order chi connectivity index (χ0) is 14.3. The summed E-state index contributed by atoms with van der Waals surface area (Å²) >= 11 is 0. The van der Waals surface area contributed by atoms with E-state index in [2.05, 4.69) is 12.2 Å². The number of carbonyl (C=O) groups excluding carboxylic acids is 2. The molecule has 6 atom stereocenters. The molecule has 3 aliphatic carbocycles. The Bertz CT molecular complexity index is 409. The van der Waals surface area contributed by atoms with E-state index < -0.39 is 11.9 Å². The summed E-state index contributed by atoms with van der Waals surface area (Å²) in [5, 5.41) is 14.5. The van der Waals surface area contributed by atoms with Gasteiger partial charge in [0.15, 0.2) is 0 Å². The highest BCUT2D eigenvalue weighted by atomic mass is 16.4. The molecule has 0 heterocycles. The van der Waals surface area contributed by atoms with Crippen molar-refractivity contribution in [2.75, 3.05) is 0 Å². The Kier molecular flexibility index (Phi) is 3.74. The molecule has 1 amide bonds. The molecule has 3 aliphatic rings. The summed E-state index contributed by atoms with van der Waals surface area (Å²) in [6.45, 7) is 2.18. The van der Waals surface area contributed by atoms with E-state index in [1.807, 2.05) is 0 Å². The van der Waals surface area contributed by atoms with Gasteiger partial charge < -0.3 is 15.2 Å². The van der Waals surface area contributed by atoms with Gasteiger partial charge >= 0.3 is 0 Å². The number of fused-ring (bicyclic) bond motifs is 2. The molecule has 0 aromatic heterocycles. The maximum atomic E-state index is 12.6. The minimum absolute atomic E-state index is 0.0230. The van der Waals surface area contributed by atoms with Gasteiger partial charge in [0.2, 0.25) is 5.91 Å². The van der Waals surface area contributed by atoms with Gasteiger partial charge in [0.05, 0.1) is 0 Å². The first-order valence-corrected chi connectivity index (χ1v) is 8.09. The largest absolute Gasteiger partial charge is 0.550 e. The molecule has 112 valence electrons. The molecule has 0 aromatic carbocycles. The number of hydrogen-bond acceptors (Lipinski definition) is 3. The van der Waals surface area contributed by atoms with Crippen LogP contribution in [0.5, 0.6) is 0 Å². The summed E-state index contributed by atoms with van der Waals surface area (Å²) in [6.07, 6.45) is 7.45. The van der Waals surface area contributed by atoms with Gasteiger partial charge in [-0.2, -0.15) is 0 Å². The SMILES string of the molecule is C[C@H]1CCCC[C@H]1NC(=O)[C@@H]1[C@H]2CC[C@@H](C2)[C@@H]1C(=O)[O-]. The third-order valence-corrected chi connectivity index (χ3v) is 5.93. The van der Waals surface area contributed by atoms with Gasteiger partial charge in [-0.25, -0.2) is 0 Å². The molecule has 1 N–H and O–H groups in total. The predicted octanol–water partition coefficient (Wildman–Crippen LogP) is 1.09. The van der Waals surface area contributed by atoms with Gasteiger partial charge in [0.25, 0.3) is 0 Å². The minimum Gasteiger partial charge on any atom is -0.550 e. The fourth-order valence-corrected chi connectivity index (χ4v) is 4.82. The van der Waals surface area contributed by atoms with E-state index in [9.17, 15) is 14.7 Å². The summed E-state index contributed by atoms with van der Waals surface area (Å²) in [7, 11) is 0. The predicted molar refractivity (Wildman–Crippen MR) is 72.4 cm³/mol. The number of rotatable bonds is 3. The van der Waals surface area contributed by atoms with Crippen LogP contribution < -0.4 is 10.4 Å². The van der Waals surface area contributed by atoms with Crippen LogP contribution in [0.25, 0.3) is 0 Å². The number of carboxylic acids is 1. The second-order valence-corrected chi connectivity index (χ2v) is 7.08. The Morgan fingerprint density at radius 2 is 1.65 bits per heavy atom. The number of aliphatic carboxylic acids is 1. The van der Waals surface area contributed by atoms with Crippen LogP contribution in [-0.2, 0) is 9.59 Å². The standard InChI is InChI=1S/C16H25NO3/c1-9-4-2-3-5-12(9)17-15(18)13-10-6-7-11(8-10)14(13)16(19)20/h9-14H,2-8H2,1H3,(H,17,18)(H,19,20)/p-1/t9-,10-,11-,12+,13+,14-/m0/s1. The van der Waals surface area contributed by atoms with Crippen LogP contribution in [0.3, 0.4) is 0 Å². The molecule has 3 rings (SSSR count). The van der Waals surface area contributed by atoms with Crippen LogP contribution in [0.2, 0.25) is 0 Å². The second kappa shape index (κ2) is 5.38. The zero-order valence-electron chi connectivity index (χ0n) is 12.1. The zero-order valence-corrected chi connectivity index (χ0v) is 12.1. The van der Waals surface area contributed by atoms with Crippen molar-refractivity contribution in [3.8, 4) is 0 Å².